The first-order chi connectivity index (χ1) is 14.3. The highest BCUT2D eigenvalue weighted by atomic mass is 15.5. The van der Waals surface area contributed by atoms with Crippen molar-refractivity contribution in [3.05, 3.63) is 65.2 Å². The van der Waals surface area contributed by atoms with Crippen LogP contribution in [-0.4, -0.2) is 48.9 Å². The van der Waals surface area contributed by atoms with E-state index in [2.05, 4.69) is 69.1 Å². The van der Waals surface area contributed by atoms with Crippen molar-refractivity contribution >= 4 is 11.5 Å². The smallest absolute Gasteiger partial charge is 0.142 e. The zero-order chi connectivity index (χ0) is 19.6. The molecule has 5 rings (SSSR count). The van der Waals surface area contributed by atoms with Crippen molar-refractivity contribution in [1.29, 1.82) is 0 Å². The molecule has 3 aliphatic rings. The number of piperidine rings is 1. The predicted molar refractivity (Wildman–Crippen MR) is 119 cm³/mol. The highest BCUT2D eigenvalue weighted by molar-refractivity contribution is 5.86. The highest BCUT2D eigenvalue weighted by Gasteiger charge is 2.37. The van der Waals surface area contributed by atoms with E-state index in [0.29, 0.717) is 5.92 Å². The second-order valence-electron chi connectivity index (χ2n) is 8.46. The lowest BCUT2D eigenvalue weighted by Crippen LogP contribution is -2.45. The van der Waals surface area contributed by atoms with Crippen LogP contribution in [0.1, 0.15) is 35.7 Å². The summed E-state index contributed by atoms with van der Waals surface area (Å²) in [6.45, 7) is 4.58. The van der Waals surface area contributed by atoms with Crippen LogP contribution < -0.4 is 10.7 Å². The van der Waals surface area contributed by atoms with E-state index in [9.17, 15) is 0 Å². The normalized spacial score (nSPS) is 21.9. The van der Waals surface area contributed by atoms with E-state index in [1.807, 2.05) is 7.05 Å². The van der Waals surface area contributed by atoms with Gasteiger partial charge in [0.1, 0.15) is 12.0 Å². The van der Waals surface area contributed by atoms with Crippen molar-refractivity contribution in [3.63, 3.8) is 0 Å². The Kier molecular flexibility index (Phi) is 5.15. The molecule has 29 heavy (non-hydrogen) atoms. The van der Waals surface area contributed by atoms with Crippen molar-refractivity contribution in [2.75, 3.05) is 38.5 Å². The third kappa shape index (κ3) is 3.71. The Hall–Kier alpha value is -2.53. The van der Waals surface area contributed by atoms with Gasteiger partial charge in [0.25, 0.3) is 0 Å². The molecule has 2 N–H and O–H groups in total. The molecule has 1 atom stereocenters. The Bertz CT molecular complexity index is 867. The summed E-state index contributed by atoms with van der Waals surface area (Å²) in [6, 6.07) is 17.6. The van der Waals surface area contributed by atoms with E-state index in [1.165, 1.54) is 54.1 Å². The molecule has 1 saturated heterocycles. The number of nitrogens with one attached hydrogen (secondary N) is 2. The topological polar surface area (TPSA) is 42.9 Å². The van der Waals surface area contributed by atoms with E-state index >= 15 is 0 Å². The summed E-state index contributed by atoms with van der Waals surface area (Å²) in [7, 11) is 1.97. The molecular weight excluding hydrogens is 358 g/mol. The molecule has 3 heterocycles. The van der Waals surface area contributed by atoms with Gasteiger partial charge in [0.15, 0.2) is 0 Å². The van der Waals surface area contributed by atoms with E-state index in [1.54, 1.807) is 0 Å². The molecule has 0 aliphatic carbocycles. The lowest BCUT2D eigenvalue weighted by molar-refractivity contribution is 0.200. The number of hydrazone groups is 1. The quantitative estimate of drug-likeness (QED) is 0.822. The van der Waals surface area contributed by atoms with Crippen molar-refractivity contribution in [2.24, 2.45) is 11.0 Å². The number of hydrogen-bond acceptors (Lipinski definition) is 5. The molecule has 0 spiro atoms. The van der Waals surface area contributed by atoms with Gasteiger partial charge in [-0.05, 0) is 67.6 Å². The van der Waals surface area contributed by atoms with Crippen molar-refractivity contribution in [1.82, 2.24) is 15.2 Å². The van der Waals surface area contributed by atoms with Crippen LogP contribution in [0.25, 0.3) is 0 Å². The van der Waals surface area contributed by atoms with Gasteiger partial charge >= 0.3 is 0 Å². The summed E-state index contributed by atoms with van der Waals surface area (Å²) in [6.07, 6.45) is 4.92. The molecule has 3 aliphatic heterocycles. The van der Waals surface area contributed by atoms with Gasteiger partial charge in [0.2, 0.25) is 0 Å². The summed E-state index contributed by atoms with van der Waals surface area (Å²) >= 11 is 0. The first-order valence-electron chi connectivity index (χ1n) is 11.0. The number of nitrogens with zero attached hydrogens (tertiary/aromatic N) is 3. The van der Waals surface area contributed by atoms with Crippen LogP contribution in [0.4, 0.5) is 5.69 Å². The first-order valence-corrected chi connectivity index (χ1v) is 11.0. The molecule has 0 amide bonds. The Morgan fingerprint density at radius 3 is 2.62 bits per heavy atom. The number of anilines is 1. The molecule has 152 valence electrons. The lowest BCUT2D eigenvalue weighted by atomic mass is 9.92. The number of likely N-dealkylation sites (tertiary alicyclic amines) is 1. The molecule has 0 aromatic heterocycles. The zero-order valence-electron chi connectivity index (χ0n) is 17.3. The van der Waals surface area contributed by atoms with Crippen LogP contribution >= 0.6 is 0 Å². The van der Waals surface area contributed by atoms with Gasteiger partial charge in [-0.1, -0.05) is 36.4 Å². The van der Waals surface area contributed by atoms with Crippen LogP contribution in [0.5, 0.6) is 0 Å². The molecule has 1 unspecified atom stereocenters. The number of benzene rings is 2. The number of rotatable bonds is 5. The average Bonchev–Trinajstić information content (AvgIpc) is 3.23. The molecule has 5 nitrogen and oxygen atoms in total. The second kappa shape index (κ2) is 8.07. The Morgan fingerprint density at radius 2 is 1.83 bits per heavy atom. The molecule has 0 saturated carbocycles. The van der Waals surface area contributed by atoms with Crippen molar-refractivity contribution < 1.29 is 0 Å². The third-order valence-electron chi connectivity index (χ3n) is 6.79. The molecule has 0 bridgehead atoms. The summed E-state index contributed by atoms with van der Waals surface area (Å²) < 4.78 is 0. The van der Waals surface area contributed by atoms with Gasteiger partial charge in [-0.15, -0.1) is 0 Å². The zero-order valence-corrected chi connectivity index (χ0v) is 17.3. The first kappa shape index (κ1) is 18.5. The van der Waals surface area contributed by atoms with E-state index < -0.39 is 0 Å². The van der Waals surface area contributed by atoms with Crippen LogP contribution in [0.15, 0.2) is 53.6 Å². The van der Waals surface area contributed by atoms with Gasteiger partial charge in [0.05, 0.1) is 0 Å². The molecular formula is C24H31N5. The van der Waals surface area contributed by atoms with Crippen LogP contribution in [-0.2, 0) is 12.8 Å². The fourth-order valence-corrected chi connectivity index (χ4v) is 5.01. The predicted octanol–water partition coefficient (Wildman–Crippen LogP) is 3.46. The van der Waals surface area contributed by atoms with E-state index in [0.717, 1.165) is 25.9 Å². The minimum atomic E-state index is 0.244. The molecule has 1 fully saturated rings. The monoisotopic (exact) mass is 389 g/mol. The average molecular weight is 390 g/mol. The van der Waals surface area contributed by atoms with Gasteiger partial charge in [0, 0.05) is 31.7 Å². The fourth-order valence-electron chi connectivity index (χ4n) is 5.01. The maximum Gasteiger partial charge on any atom is 0.142 e. The Morgan fingerprint density at radius 1 is 1.03 bits per heavy atom. The number of fused-ring (bicyclic) bond motifs is 3. The molecule has 5 heteroatoms. The standard InChI is InChI=1S/C24H31N5/c1-25-21-8-6-18(7-9-21)10-14-28-15-11-20(12-16-28)23-26-27-24-22-5-3-2-4-19(22)13-17-29(23)24/h2-9,20,24-25,27H,10-17H2,1H3. The number of amidine groups is 1. The summed E-state index contributed by atoms with van der Waals surface area (Å²) in [5.41, 5.74) is 8.90. The third-order valence-corrected chi connectivity index (χ3v) is 6.79. The number of hydrogen-bond donors (Lipinski definition) is 2. The van der Waals surface area contributed by atoms with Crippen LogP contribution in [0.3, 0.4) is 0 Å². The molecule has 2 aromatic carbocycles. The Labute approximate surface area is 173 Å². The minimum absolute atomic E-state index is 0.244. The second-order valence-corrected chi connectivity index (χ2v) is 8.46. The summed E-state index contributed by atoms with van der Waals surface area (Å²) in [4.78, 5) is 5.14. The summed E-state index contributed by atoms with van der Waals surface area (Å²) in [5, 5.41) is 7.99. The van der Waals surface area contributed by atoms with Crippen molar-refractivity contribution in [2.45, 2.75) is 31.8 Å². The van der Waals surface area contributed by atoms with Crippen molar-refractivity contribution in [3.8, 4) is 0 Å². The van der Waals surface area contributed by atoms with Gasteiger partial charge in [-0.3, -0.25) is 5.43 Å². The minimum Gasteiger partial charge on any atom is -0.388 e. The fraction of sp³-hybridized carbons (Fsp3) is 0.458. The Balaban J connectivity index is 1.14. The van der Waals surface area contributed by atoms with Crippen LogP contribution in [0.2, 0.25) is 0 Å². The maximum atomic E-state index is 4.81. The maximum absolute atomic E-state index is 4.81. The van der Waals surface area contributed by atoms with Gasteiger partial charge in [-0.2, -0.15) is 5.10 Å². The van der Waals surface area contributed by atoms with Gasteiger partial charge in [-0.25, -0.2) is 0 Å². The van der Waals surface area contributed by atoms with E-state index in [-0.39, 0.29) is 6.17 Å². The largest absolute Gasteiger partial charge is 0.388 e. The van der Waals surface area contributed by atoms with Gasteiger partial charge < -0.3 is 15.1 Å². The highest BCUT2D eigenvalue weighted by Crippen LogP contribution is 2.34. The molecule has 2 aromatic rings. The SMILES string of the molecule is CNc1ccc(CCN2CCC(C3=NNC4c5ccccc5CCN34)CC2)cc1. The van der Waals surface area contributed by atoms with Crippen LogP contribution in [0, 0.1) is 5.92 Å². The van der Waals surface area contributed by atoms with E-state index in [4.69, 9.17) is 5.10 Å². The molecule has 0 radical (unpaired) electrons. The lowest BCUT2D eigenvalue weighted by Gasteiger charge is -2.38. The summed E-state index contributed by atoms with van der Waals surface area (Å²) in [5.74, 6) is 1.88.